The summed E-state index contributed by atoms with van der Waals surface area (Å²) in [4.78, 5) is 13.6. The van der Waals surface area contributed by atoms with Gasteiger partial charge in [0, 0.05) is 19.3 Å². The fourth-order valence-electron chi connectivity index (χ4n) is 1.81. The van der Waals surface area contributed by atoms with Crippen LogP contribution in [0.3, 0.4) is 0 Å². The lowest BCUT2D eigenvalue weighted by Gasteiger charge is -2.17. The summed E-state index contributed by atoms with van der Waals surface area (Å²) in [5.41, 5.74) is 7.30. The Kier molecular flexibility index (Phi) is 3.80. The van der Waals surface area contributed by atoms with Gasteiger partial charge in [-0.1, -0.05) is 24.3 Å². The first kappa shape index (κ1) is 13.1. The molecule has 3 nitrogen and oxygen atoms in total. The van der Waals surface area contributed by atoms with E-state index >= 15 is 0 Å². The maximum absolute atomic E-state index is 13.5. The normalized spacial score (nSPS) is 10.2. The molecule has 0 aromatic heterocycles. The van der Waals surface area contributed by atoms with E-state index in [0.717, 1.165) is 5.56 Å². The lowest BCUT2D eigenvalue weighted by molar-refractivity contribution is 0.0780. The van der Waals surface area contributed by atoms with Gasteiger partial charge in [0.1, 0.15) is 5.82 Å². The molecule has 0 aliphatic carbocycles. The molecule has 4 heteroatoms. The fraction of sp³-hybridized carbons (Fsp3) is 0.133. The minimum atomic E-state index is -0.503. The summed E-state index contributed by atoms with van der Waals surface area (Å²) in [5.74, 6) is -0.841. The van der Waals surface area contributed by atoms with Crippen LogP contribution in [-0.2, 0) is 6.54 Å². The summed E-state index contributed by atoms with van der Waals surface area (Å²) in [6.07, 6.45) is 0. The van der Waals surface area contributed by atoms with Crippen LogP contribution in [0, 0.1) is 5.82 Å². The molecule has 2 aromatic rings. The molecule has 0 fully saturated rings. The third-order valence-electron chi connectivity index (χ3n) is 2.85. The van der Waals surface area contributed by atoms with Crippen LogP contribution in [0.25, 0.3) is 0 Å². The summed E-state index contributed by atoms with van der Waals surface area (Å²) in [6, 6.07) is 13.2. The minimum Gasteiger partial charge on any atom is -0.399 e. The first-order valence-corrected chi connectivity index (χ1v) is 5.92. The third kappa shape index (κ3) is 3.10. The van der Waals surface area contributed by atoms with E-state index in [9.17, 15) is 9.18 Å². The Morgan fingerprint density at radius 1 is 1.16 bits per heavy atom. The summed E-state index contributed by atoms with van der Waals surface area (Å²) in [6.45, 7) is 0.410. The zero-order valence-corrected chi connectivity index (χ0v) is 10.6. The number of carbonyl (C=O) groups excluding carboxylic acids is 1. The van der Waals surface area contributed by atoms with Crippen LogP contribution in [0.1, 0.15) is 15.9 Å². The Balaban J connectivity index is 2.12. The minimum absolute atomic E-state index is 0.0837. The summed E-state index contributed by atoms with van der Waals surface area (Å²) >= 11 is 0. The SMILES string of the molecule is CN(Cc1ccc(N)cc1)C(=O)c1ccccc1F. The van der Waals surface area contributed by atoms with Crippen molar-refractivity contribution in [2.24, 2.45) is 0 Å². The Labute approximate surface area is 111 Å². The standard InChI is InChI=1S/C15H15FN2O/c1-18(10-11-6-8-12(17)9-7-11)15(19)13-4-2-3-5-14(13)16/h2-9H,10,17H2,1H3. The Morgan fingerprint density at radius 2 is 1.79 bits per heavy atom. The number of hydrogen-bond acceptors (Lipinski definition) is 2. The third-order valence-corrected chi connectivity index (χ3v) is 2.85. The number of anilines is 1. The molecule has 2 N–H and O–H groups in total. The highest BCUT2D eigenvalue weighted by Gasteiger charge is 2.15. The van der Waals surface area contributed by atoms with E-state index in [1.165, 1.54) is 17.0 Å². The number of nitrogens with zero attached hydrogens (tertiary/aromatic N) is 1. The van der Waals surface area contributed by atoms with Gasteiger partial charge >= 0.3 is 0 Å². The largest absolute Gasteiger partial charge is 0.399 e. The number of amides is 1. The van der Waals surface area contributed by atoms with E-state index in [1.54, 1.807) is 31.3 Å². The number of benzene rings is 2. The molecule has 1 amide bonds. The van der Waals surface area contributed by atoms with Gasteiger partial charge in [0.15, 0.2) is 0 Å². The monoisotopic (exact) mass is 258 g/mol. The molecule has 2 rings (SSSR count). The highest BCUT2D eigenvalue weighted by molar-refractivity contribution is 5.94. The average molecular weight is 258 g/mol. The topological polar surface area (TPSA) is 46.3 Å². The smallest absolute Gasteiger partial charge is 0.256 e. The highest BCUT2D eigenvalue weighted by Crippen LogP contribution is 2.12. The van der Waals surface area contributed by atoms with E-state index in [1.807, 2.05) is 12.1 Å². The number of nitrogens with two attached hydrogens (primary N) is 1. The number of rotatable bonds is 3. The van der Waals surface area contributed by atoms with E-state index in [2.05, 4.69) is 0 Å². The van der Waals surface area contributed by atoms with Crippen molar-refractivity contribution in [2.45, 2.75) is 6.54 Å². The fourth-order valence-corrected chi connectivity index (χ4v) is 1.81. The van der Waals surface area contributed by atoms with Crippen molar-refractivity contribution >= 4 is 11.6 Å². The second kappa shape index (κ2) is 5.52. The van der Waals surface area contributed by atoms with Crippen LogP contribution in [0.4, 0.5) is 10.1 Å². The molecule has 2 aromatic carbocycles. The molecule has 0 atom stereocenters. The number of nitrogen functional groups attached to an aromatic ring is 1. The van der Waals surface area contributed by atoms with Crippen molar-refractivity contribution in [1.82, 2.24) is 4.90 Å². The first-order chi connectivity index (χ1) is 9.08. The zero-order chi connectivity index (χ0) is 13.8. The first-order valence-electron chi connectivity index (χ1n) is 5.92. The van der Waals surface area contributed by atoms with Crippen molar-refractivity contribution in [1.29, 1.82) is 0 Å². The van der Waals surface area contributed by atoms with E-state index in [-0.39, 0.29) is 11.5 Å². The van der Waals surface area contributed by atoms with Crippen molar-refractivity contribution in [2.75, 3.05) is 12.8 Å². The van der Waals surface area contributed by atoms with Gasteiger partial charge in [-0.2, -0.15) is 0 Å². The molecule has 98 valence electrons. The quantitative estimate of drug-likeness (QED) is 0.860. The Morgan fingerprint density at radius 3 is 2.42 bits per heavy atom. The van der Waals surface area contributed by atoms with Crippen LogP contribution in [0.2, 0.25) is 0 Å². The summed E-state index contributed by atoms with van der Waals surface area (Å²) in [5, 5.41) is 0. The van der Waals surface area contributed by atoms with Gasteiger partial charge in [-0.05, 0) is 29.8 Å². The van der Waals surface area contributed by atoms with Crippen LogP contribution in [0.5, 0.6) is 0 Å². The van der Waals surface area contributed by atoms with Crippen LogP contribution < -0.4 is 5.73 Å². The van der Waals surface area contributed by atoms with Gasteiger partial charge in [0.25, 0.3) is 5.91 Å². The van der Waals surface area contributed by atoms with Crippen molar-refractivity contribution in [3.63, 3.8) is 0 Å². The van der Waals surface area contributed by atoms with Gasteiger partial charge in [0.2, 0.25) is 0 Å². The highest BCUT2D eigenvalue weighted by atomic mass is 19.1. The van der Waals surface area contributed by atoms with Crippen molar-refractivity contribution < 1.29 is 9.18 Å². The lowest BCUT2D eigenvalue weighted by Crippen LogP contribution is -2.27. The van der Waals surface area contributed by atoms with E-state index in [0.29, 0.717) is 12.2 Å². The molecule has 19 heavy (non-hydrogen) atoms. The molecular weight excluding hydrogens is 243 g/mol. The lowest BCUT2D eigenvalue weighted by atomic mass is 10.1. The van der Waals surface area contributed by atoms with Crippen molar-refractivity contribution in [3.05, 3.63) is 65.5 Å². The predicted octanol–water partition coefficient (Wildman–Crippen LogP) is 2.68. The maximum Gasteiger partial charge on any atom is 0.256 e. The molecule has 0 saturated heterocycles. The number of carbonyl (C=O) groups is 1. The predicted molar refractivity (Wildman–Crippen MR) is 73.1 cm³/mol. The van der Waals surface area contributed by atoms with Gasteiger partial charge in [-0.3, -0.25) is 4.79 Å². The Bertz CT molecular complexity index is 581. The molecule has 0 spiro atoms. The second-order valence-electron chi connectivity index (χ2n) is 4.38. The average Bonchev–Trinajstić information content (AvgIpc) is 2.41. The zero-order valence-electron chi connectivity index (χ0n) is 10.6. The summed E-state index contributed by atoms with van der Waals surface area (Å²) < 4.78 is 13.5. The number of hydrogen-bond donors (Lipinski definition) is 1. The van der Waals surface area contributed by atoms with E-state index < -0.39 is 5.82 Å². The molecule has 0 aliphatic rings. The van der Waals surface area contributed by atoms with Gasteiger partial charge < -0.3 is 10.6 Å². The molecule has 0 aliphatic heterocycles. The molecule has 0 unspecified atom stereocenters. The van der Waals surface area contributed by atoms with Crippen molar-refractivity contribution in [3.8, 4) is 0 Å². The van der Waals surface area contributed by atoms with Gasteiger partial charge in [-0.15, -0.1) is 0 Å². The maximum atomic E-state index is 13.5. The van der Waals surface area contributed by atoms with E-state index in [4.69, 9.17) is 5.73 Å². The molecule has 0 heterocycles. The van der Waals surface area contributed by atoms with Crippen LogP contribution >= 0.6 is 0 Å². The van der Waals surface area contributed by atoms with Gasteiger partial charge in [0.05, 0.1) is 5.56 Å². The number of halogens is 1. The molecule has 0 bridgehead atoms. The Hall–Kier alpha value is -2.36. The van der Waals surface area contributed by atoms with Crippen LogP contribution in [0.15, 0.2) is 48.5 Å². The van der Waals surface area contributed by atoms with Gasteiger partial charge in [-0.25, -0.2) is 4.39 Å². The second-order valence-corrected chi connectivity index (χ2v) is 4.38. The molecular formula is C15H15FN2O. The molecule has 0 saturated carbocycles. The van der Waals surface area contributed by atoms with Crippen LogP contribution in [-0.4, -0.2) is 17.9 Å². The summed E-state index contributed by atoms with van der Waals surface area (Å²) in [7, 11) is 1.64. The molecule has 0 radical (unpaired) electrons.